The van der Waals surface area contributed by atoms with Gasteiger partial charge in [0.25, 0.3) is 0 Å². The Balaban J connectivity index is 2.73. The highest BCUT2D eigenvalue weighted by atomic mass is 16.5. The van der Waals surface area contributed by atoms with Crippen molar-refractivity contribution in [2.45, 2.75) is 44.2 Å². The first kappa shape index (κ1) is 14.4. The van der Waals surface area contributed by atoms with E-state index >= 15 is 0 Å². The van der Waals surface area contributed by atoms with Gasteiger partial charge in [-0.15, -0.1) is 0 Å². The summed E-state index contributed by atoms with van der Waals surface area (Å²) in [5, 5.41) is 3.25. The van der Waals surface area contributed by atoms with E-state index in [1.807, 2.05) is 6.92 Å². The second-order valence-electron chi connectivity index (χ2n) is 4.94. The Morgan fingerprint density at radius 3 is 2.82 bits per heavy atom. The van der Waals surface area contributed by atoms with Crippen LogP contribution in [0, 0.1) is 0 Å². The van der Waals surface area contributed by atoms with Crippen molar-refractivity contribution in [1.29, 1.82) is 0 Å². The SMILES string of the molecule is CCC1(C)CC(NCCOC)(C(N)=O)CCO1. The number of primary amides is 1. The number of rotatable bonds is 6. The first-order valence-corrected chi connectivity index (χ1v) is 6.16. The molecule has 0 aromatic rings. The van der Waals surface area contributed by atoms with Crippen LogP contribution in [0.4, 0.5) is 0 Å². The van der Waals surface area contributed by atoms with Crippen LogP contribution in [-0.4, -0.2) is 43.9 Å². The van der Waals surface area contributed by atoms with Gasteiger partial charge in [0.05, 0.1) is 12.2 Å². The highest BCUT2D eigenvalue weighted by molar-refractivity contribution is 5.85. The van der Waals surface area contributed by atoms with Gasteiger partial charge in [0.1, 0.15) is 5.54 Å². The Bertz CT molecular complexity index is 272. The third-order valence-corrected chi connectivity index (χ3v) is 3.64. The van der Waals surface area contributed by atoms with Crippen LogP contribution in [0.1, 0.15) is 33.1 Å². The Morgan fingerprint density at radius 1 is 1.59 bits per heavy atom. The van der Waals surface area contributed by atoms with Crippen molar-refractivity contribution in [2.24, 2.45) is 5.73 Å². The van der Waals surface area contributed by atoms with Crippen LogP contribution in [0.15, 0.2) is 0 Å². The molecular weight excluding hydrogens is 220 g/mol. The van der Waals surface area contributed by atoms with Gasteiger partial charge in [0, 0.05) is 26.7 Å². The van der Waals surface area contributed by atoms with Gasteiger partial charge in [0.15, 0.2) is 0 Å². The number of methoxy groups -OCH3 is 1. The van der Waals surface area contributed by atoms with E-state index in [0.717, 1.165) is 6.42 Å². The molecule has 0 aromatic heterocycles. The smallest absolute Gasteiger partial charge is 0.237 e. The molecule has 17 heavy (non-hydrogen) atoms. The van der Waals surface area contributed by atoms with Crippen molar-refractivity contribution >= 4 is 5.91 Å². The standard InChI is InChI=1S/C12H24N2O3/c1-4-11(2)9-12(10(13)15,5-7-17-11)14-6-8-16-3/h14H,4-9H2,1-3H3,(H2,13,15). The molecule has 2 unspecified atom stereocenters. The largest absolute Gasteiger partial charge is 0.383 e. The maximum atomic E-state index is 11.7. The second-order valence-corrected chi connectivity index (χ2v) is 4.94. The van der Waals surface area contributed by atoms with Gasteiger partial charge >= 0.3 is 0 Å². The fraction of sp³-hybridized carbons (Fsp3) is 0.917. The molecule has 0 spiro atoms. The normalized spacial score (nSPS) is 33.6. The molecule has 0 aromatic carbocycles. The minimum absolute atomic E-state index is 0.270. The molecule has 5 nitrogen and oxygen atoms in total. The van der Waals surface area contributed by atoms with Gasteiger partial charge in [-0.3, -0.25) is 4.79 Å². The number of carbonyl (C=O) groups excluding carboxylic acids is 1. The summed E-state index contributed by atoms with van der Waals surface area (Å²) in [6.07, 6.45) is 2.12. The zero-order valence-corrected chi connectivity index (χ0v) is 11.0. The van der Waals surface area contributed by atoms with Gasteiger partial charge in [-0.05, 0) is 19.8 Å². The molecule has 1 aliphatic heterocycles. The van der Waals surface area contributed by atoms with Crippen molar-refractivity contribution < 1.29 is 14.3 Å². The molecule has 1 amide bonds. The van der Waals surface area contributed by atoms with Crippen molar-refractivity contribution in [3.8, 4) is 0 Å². The van der Waals surface area contributed by atoms with Crippen LogP contribution in [0.5, 0.6) is 0 Å². The van der Waals surface area contributed by atoms with E-state index in [4.69, 9.17) is 15.2 Å². The van der Waals surface area contributed by atoms with Crippen LogP contribution in [-0.2, 0) is 14.3 Å². The summed E-state index contributed by atoms with van der Waals surface area (Å²) in [7, 11) is 1.64. The Labute approximate surface area is 103 Å². The quantitative estimate of drug-likeness (QED) is 0.664. The third-order valence-electron chi connectivity index (χ3n) is 3.64. The van der Waals surface area contributed by atoms with E-state index in [2.05, 4.69) is 12.2 Å². The lowest BCUT2D eigenvalue weighted by atomic mass is 9.78. The van der Waals surface area contributed by atoms with E-state index in [1.165, 1.54) is 0 Å². The van der Waals surface area contributed by atoms with E-state index in [-0.39, 0.29) is 11.5 Å². The van der Waals surface area contributed by atoms with E-state index < -0.39 is 5.54 Å². The Morgan fingerprint density at radius 2 is 2.29 bits per heavy atom. The monoisotopic (exact) mass is 244 g/mol. The number of amides is 1. The number of nitrogens with one attached hydrogen (secondary N) is 1. The molecule has 100 valence electrons. The third kappa shape index (κ3) is 3.40. The number of hydrogen-bond acceptors (Lipinski definition) is 4. The molecule has 0 saturated carbocycles. The fourth-order valence-corrected chi connectivity index (χ4v) is 2.32. The predicted molar refractivity (Wildman–Crippen MR) is 65.7 cm³/mol. The summed E-state index contributed by atoms with van der Waals surface area (Å²) in [4.78, 5) is 11.7. The zero-order valence-electron chi connectivity index (χ0n) is 11.0. The Kier molecular flexibility index (Phi) is 4.91. The molecule has 0 radical (unpaired) electrons. The molecule has 3 N–H and O–H groups in total. The molecule has 2 atom stereocenters. The summed E-state index contributed by atoms with van der Waals surface area (Å²) in [6.45, 7) is 5.85. The lowest BCUT2D eigenvalue weighted by Gasteiger charge is -2.44. The predicted octanol–water partition coefficient (Wildman–Crippen LogP) is 0.426. The van der Waals surface area contributed by atoms with Crippen LogP contribution >= 0.6 is 0 Å². The van der Waals surface area contributed by atoms with Crippen LogP contribution in [0.25, 0.3) is 0 Å². The first-order valence-electron chi connectivity index (χ1n) is 6.16. The van der Waals surface area contributed by atoms with Gasteiger partial charge in [-0.25, -0.2) is 0 Å². The molecule has 1 fully saturated rings. The fourth-order valence-electron chi connectivity index (χ4n) is 2.32. The molecule has 1 heterocycles. The summed E-state index contributed by atoms with van der Waals surface area (Å²) in [6, 6.07) is 0. The van der Waals surface area contributed by atoms with Crippen molar-refractivity contribution in [3.05, 3.63) is 0 Å². The van der Waals surface area contributed by atoms with Gasteiger partial charge < -0.3 is 20.5 Å². The second kappa shape index (κ2) is 5.80. The highest BCUT2D eigenvalue weighted by Crippen LogP contribution is 2.34. The van der Waals surface area contributed by atoms with Crippen LogP contribution in [0.2, 0.25) is 0 Å². The van der Waals surface area contributed by atoms with Gasteiger partial charge in [-0.1, -0.05) is 6.92 Å². The average molecular weight is 244 g/mol. The lowest BCUT2D eigenvalue weighted by Crippen LogP contribution is -2.62. The molecule has 1 rings (SSSR count). The maximum Gasteiger partial charge on any atom is 0.237 e. The van der Waals surface area contributed by atoms with Gasteiger partial charge in [-0.2, -0.15) is 0 Å². The molecule has 1 aliphatic rings. The summed E-state index contributed by atoms with van der Waals surface area (Å²) >= 11 is 0. The van der Waals surface area contributed by atoms with Crippen LogP contribution < -0.4 is 11.1 Å². The average Bonchev–Trinajstić information content (AvgIpc) is 2.29. The zero-order chi connectivity index (χ0) is 12.9. The molecule has 0 aliphatic carbocycles. The molecular formula is C12H24N2O3. The van der Waals surface area contributed by atoms with Crippen LogP contribution in [0.3, 0.4) is 0 Å². The number of carbonyl (C=O) groups is 1. The van der Waals surface area contributed by atoms with E-state index in [9.17, 15) is 4.79 Å². The lowest BCUT2D eigenvalue weighted by molar-refractivity contribution is -0.141. The topological polar surface area (TPSA) is 73.6 Å². The highest BCUT2D eigenvalue weighted by Gasteiger charge is 2.46. The number of hydrogen-bond donors (Lipinski definition) is 2. The van der Waals surface area contributed by atoms with E-state index in [1.54, 1.807) is 7.11 Å². The molecule has 1 saturated heterocycles. The van der Waals surface area contributed by atoms with Gasteiger partial charge in [0.2, 0.25) is 5.91 Å². The molecule has 0 bridgehead atoms. The minimum Gasteiger partial charge on any atom is -0.383 e. The summed E-state index contributed by atoms with van der Waals surface area (Å²) in [5.74, 6) is -0.295. The van der Waals surface area contributed by atoms with Crippen molar-refractivity contribution in [2.75, 3.05) is 26.9 Å². The van der Waals surface area contributed by atoms with Crippen molar-refractivity contribution in [3.63, 3.8) is 0 Å². The maximum absolute atomic E-state index is 11.7. The molecule has 5 heteroatoms. The summed E-state index contributed by atoms with van der Waals surface area (Å²) < 4.78 is 10.7. The van der Waals surface area contributed by atoms with Crippen molar-refractivity contribution in [1.82, 2.24) is 5.32 Å². The minimum atomic E-state index is -0.651. The first-order chi connectivity index (χ1) is 7.98. The summed E-state index contributed by atoms with van der Waals surface area (Å²) in [5.41, 5.74) is 4.64. The van der Waals surface area contributed by atoms with E-state index in [0.29, 0.717) is 32.6 Å². The number of ether oxygens (including phenoxy) is 2. The number of nitrogens with two attached hydrogens (primary N) is 1. The Hall–Kier alpha value is -0.650.